The van der Waals surface area contributed by atoms with Crippen LogP contribution in [0.3, 0.4) is 0 Å². The van der Waals surface area contributed by atoms with Crippen molar-refractivity contribution in [1.29, 1.82) is 0 Å². The number of carbonyl (C=O) groups is 2. The van der Waals surface area contributed by atoms with Crippen molar-refractivity contribution >= 4 is 11.8 Å². The van der Waals surface area contributed by atoms with Crippen LogP contribution in [0.5, 0.6) is 0 Å². The molecule has 0 radical (unpaired) electrons. The summed E-state index contributed by atoms with van der Waals surface area (Å²) in [4.78, 5) is 26.5. The molecule has 4 heteroatoms. The Labute approximate surface area is 127 Å². The second kappa shape index (κ2) is 6.80. The average Bonchev–Trinajstić information content (AvgIpc) is 3.25. The Balaban J connectivity index is 1.48. The molecule has 4 nitrogen and oxygen atoms in total. The van der Waals surface area contributed by atoms with Gasteiger partial charge in [0.1, 0.15) is 0 Å². The average molecular weight is 292 g/mol. The first-order valence-electron chi connectivity index (χ1n) is 8.83. The quantitative estimate of drug-likeness (QED) is 0.865. The van der Waals surface area contributed by atoms with Crippen molar-refractivity contribution in [1.82, 2.24) is 10.2 Å². The smallest absolute Gasteiger partial charge is 0.242 e. The molecule has 21 heavy (non-hydrogen) atoms. The highest BCUT2D eigenvalue weighted by Crippen LogP contribution is 2.35. The van der Waals surface area contributed by atoms with E-state index in [4.69, 9.17) is 0 Å². The van der Waals surface area contributed by atoms with Gasteiger partial charge in [0, 0.05) is 18.5 Å². The first kappa shape index (κ1) is 14.9. The SMILES string of the molecule is O=C(NCC(=O)N1CCC[C@@H]1C1CCCC1)C1CCCC1. The molecule has 0 bridgehead atoms. The van der Waals surface area contributed by atoms with Gasteiger partial charge >= 0.3 is 0 Å². The van der Waals surface area contributed by atoms with E-state index in [-0.39, 0.29) is 24.3 Å². The maximum Gasteiger partial charge on any atom is 0.242 e. The topological polar surface area (TPSA) is 49.4 Å². The molecule has 0 spiro atoms. The van der Waals surface area contributed by atoms with E-state index < -0.39 is 0 Å². The van der Waals surface area contributed by atoms with E-state index in [1.54, 1.807) is 0 Å². The van der Waals surface area contributed by atoms with Crippen LogP contribution in [0.15, 0.2) is 0 Å². The third kappa shape index (κ3) is 3.41. The number of likely N-dealkylation sites (tertiary alicyclic amines) is 1. The van der Waals surface area contributed by atoms with Gasteiger partial charge in [0.25, 0.3) is 0 Å². The third-order valence-corrected chi connectivity index (χ3v) is 5.70. The highest BCUT2D eigenvalue weighted by Gasteiger charge is 2.35. The number of hydrogen-bond acceptors (Lipinski definition) is 2. The largest absolute Gasteiger partial charge is 0.347 e. The molecular weight excluding hydrogens is 264 g/mol. The number of amides is 2. The van der Waals surface area contributed by atoms with E-state index in [0.717, 1.165) is 45.1 Å². The van der Waals surface area contributed by atoms with Gasteiger partial charge in [-0.05, 0) is 44.4 Å². The van der Waals surface area contributed by atoms with Crippen LogP contribution in [0.25, 0.3) is 0 Å². The van der Waals surface area contributed by atoms with Crippen molar-refractivity contribution in [3.63, 3.8) is 0 Å². The van der Waals surface area contributed by atoms with Gasteiger partial charge in [-0.15, -0.1) is 0 Å². The summed E-state index contributed by atoms with van der Waals surface area (Å²) < 4.78 is 0. The molecule has 3 rings (SSSR count). The van der Waals surface area contributed by atoms with E-state index in [0.29, 0.717) is 12.0 Å². The highest BCUT2D eigenvalue weighted by molar-refractivity contribution is 5.86. The highest BCUT2D eigenvalue weighted by atomic mass is 16.2. The molecule has 1 heterocycles. The lowest BCUT2D eigenvalue weighted by Crippen LogP contribution is -2.45. The van der Waals surface area contributed by atoms with E-state index in [9.17, 15) is 9.59 Å². The van der Waals surface area contributed by atoms with Gasteiger partial charge in [-0.25, -0.2) is 0 Å². The Hall–Kier alpha value is -1.06. The number of rotatable bonds is 4. The van der Waals surface area contributed by atoms with Gasteiger partial charge in [0.2, 0.25) is 11.8 Å². The standard InChI is InChI=1S/C17H28N2O2/c20-16(12-18-17(21)14-8-3-4-9-14)19-11-5-10-15(19)13-6-1-2-7-13/h13-15H,1-12H2,(H,18,21)/t15-/m1/s1. The van der Waals surface area contributed by atoms with E-state index >= 15 is 0 Å². The zero-order valence-electron chi connectivity index (χ0n) is 13.0. The second-order valence-electron chi connectivity index (χ2n) is 7.04. The molecule has 1 saturated heterocycles. The maximum atomic E-state index is 12.4. The van der Waals surface area contributed by atoms with Crippen LogP contribution in [0.1, 0.15) is 64.2 Å². The molecule has 1 aliphatic heterocycles. The van der Waals surface area contributed by atoms with Crippen molar-refractivity contribution in [2.24, 2.45) is 11.8 Å². The lowest BCUT2D eigenvalue weighted by Gasteiger charge is -2.29. The van der Waals surface area contributed by atoms with E-state index in [1.165, 1.54) is 25.7 Å². The van der Waals surface area contributed by atoms with Crippen LogP contribution < -0.4 is 5.32 Å². The van der Waals surface area contributed by atoms with Crippen LogP contribution >= 0.6 is 0 Å². The summed E-state index contributed by atoms with van der Waals surface area (Å²) >= 11 is 0. The molecule has 0 aromatic carbocycles. The van der Waals surface area contributed by atoms with Gasteiger partial charge in [-0.3, -0.25) is 9.59 Å². The number of nitrogens with one attached hydrogen (secondary N) is 1. The minimum atomic E-state index is 0.0949. The monoisotopic (exact) mass is 292 g/mol. The first-order valence-corrected chi connectivity index (χ1v) is 8.83. The third-order valence-electron chi connectivity index (χ3n) is 5.70. The Morgan fingerprint density at radius 3 is 2.29 bits per heavy atom. The Morgan fingerprint density at radius 2 is 1.57 bits per heavy atom. The minimum Gasteiger partial charge on any atom is -0.347 e. The Morgan fingerprint density at radius 1 is 0.905 bits per heavy atom. The fraction of sp³-hybridized carbons (Fsp3) is 0.882. The predicted octanol–water partition coefficient (Wildman–Crippen LogP) is 2.47. The summed E-state index contributed by atoms with van der Waals surface area (Å²) in [7, 11) is 0. The summed E-state index contributed by atoms with van der Waals surface area (Å²) in [5.41, 5.74) is 0. The molecule has 2 amide bonds. The molecule has 2 saturated carbocycles. The number of hydrogen-bond donors (Lipinski definition) is 1. The van der Waals surface area contributed by atoms with Crippen LogP contribution in [-0.4, -0.2) is 35.8 Å². The fourth-order valence-corrected chi connectivity index (χ4v) is 4.53. The van der Waals surface area contributed by atoms with Crippen molar-refractivity contribution in [3.8, 4) is 0 Å². The van der Waals surface area contributed by atoms with Crippen LogP contribution in [0.4, 0.5) is 0 Å². The molecule has 0 aromatic rings. The summed E-state index contributed by atoms with van der Waals surface area (Å²) in [6.07, 6.45) is 11.8. The summed E-state index contributed by atoms with van der Waals surface area (Å²) in [5.74, 6) is 1.09. The molecule has 1 atom stereocenters. The van der Waals surface area contributed by atoms with Gasteiger partial charge in [0.05, 0.1) is 6.54 Å². The van der Waals surface area contributed by atoms with Crippen molar-refractivity contribution in [2.45, 2.75) is 70.3 Å². The normalized spacial score (nSPS) is 27.4. The lowest BCUT2D eigenvalue weighted by molar-refractivity contribution is -0.135. The van der Waals surface area contributed by atoms with Gasteiger partial charge in [-0.1, -0.05) is 25.7 Å². The Bertz CT molecular complexity index is 384. The van der Waals surface area contributed by atoms with Gasteiger partial charge in [0.15, 0.2) is 0 Å². The van der Waals surface area contributed by atoms with E-state index in [2.05, 4.69) is 10.2 Å². The van der Waals surface area contributed by atoms with Crippen molar-refractivity contribution in [3.05, 3.63) is 0 Å². The molecule has 3 aliphatic rings. The molecule has 3 fully saturated rings. The first-order chi connectivity index (χ1) is 10.3. The zero-order chi connectivity index (χ0) is 14.7. The summed E-state index contributed by atoms with van der Waals surface area (Å²) in [5, 5.41) is 2.88. The number of carbonyl (C=O) groups excluding carboxylic acids is 2. The zero-order valence-corrected chi connectivity index (χ0v) is 13.0. The van der Waals surface area contributed by atoms with Gasteiger partial charge < -0.3 is 10.2 Å². The second-order valence-corrected chi connectivity index (χ2v) is 7.04. The van der Waals surface area contributed by atoms with Crippen LogP contribution in [0.2, 0.25) is 0 Å². The van der Waals surface area contributed by atoms with Crippen LogP contribution in [-0.2, 0) is 9.59 Å². The number of nitrogens with zero attached hydrogens (tertiary/aromatic N) is 1. The lowest BCUT2D eigenvalue weighted by atomic mass is 9.96. The van der Waals surface area contributed by atoms with Crippen molar-refractivity contribution in [2.75, 3.05) is 13.1 Å². The molecule has 0 aromatic heterocycles. The molecule has 118 valence electrons. The molecular formula is C17H28N2O2. The predicted molar refractivity (Wildman–Crippen MR) is 81.7 cm³/mol. The molecule has 2 aliphatic carbocycles. The Kier molecular flexibility index (Phi) is 4.81. The minimum absolute atomic E-state index is 0.0949. The molecule has 1 N–H and O–H groups in total. The van der Waals surface area contributed by atoms with Crippen LogP contribution in [0, 0.1) is 11.8 Å². The summed E-state index contributed by atoms with van der Waals surface area (Å²) in [6, 6.07) is 0.448. The van der Waals surface area contributed by atoms with E-state index in [1.807, 2.05) is 0 Å². The summed E-state index contributed by atoms with van der Waals surface area (Å²) in [6.45, 7) is 1.10. The maximum absolute atomic E-state index is 12.4. The molecule has 0 unspecified atom stereocenters. The van der Waals surface area contributed by atoms with Gasteiger partial charge in [-0.2, -0.15) is 0 Å². The fourth-order valence-electron chi connectivity index (χ4n) is 4.53. The van der Waals surface area contributed by atoms with Crippen molar-refractivity contribution < 1.29 is 9.59 Å².